The summed E-state index contributed by atoms with van der Waals surface area (Å²) in [6.45, 7) is 1.09. The van der Waals surface area contributed by atoms with Crippen LogP contribution < -0.4 is 0 Å². The van der Waals surface area contributed by atoms with Crippen molar-refractivity contribution in [3.05, 3.63) is 22.9 Å². The highest BCUT2D eigenvalue weighted by atomic mass is 16.6. The van der Waals surface area contributed by atoms with Gasteiger partial charge in [-0.05, 0) is 36.5 Å². The number of rotatable bonds is 1. The highest BCUT2D eigenvalue weighted by Gasteiger charge is 2.32. The van der Waals surface area contributed by atoms with E-state index in [1.807, 2.05) is 0 Å². The van der Waals surface area contributed by atoms with Crippen molar-refractivity contribution in [2.24, 2.45) is 0 Å². The molecule has 0 aromatic carbocycles. The highest BCUT2D eigenvalue weighted by Crippen LogP contribution is 2.38. The van der Waals surface area contributed by atoms with Gasteiger partial charge in [-0.25, -0.2) is 4.79 Å². The standard InChI is InChI=1S/C12H13NO3/c14-9-6-8-2-1-3-11(10(8)7-9)13-4-5-16-12(13)15/h6H,1-5,7H2. The fourth-order valence-corrected chi connectivity index (χ4v) is 2.66. The van der Waals surface area contributed by atoms with Crippen LogP contribution in [0.5, 0.6) is 0 Å². The molecule has 2 aliphatic carbocycles. The Labute approximate surface area is 93.6 Å². The maximum Gasteiger partial charge on any atom is 0.414 e. The third-order valence-corrected chi connectivity index (χ3v) is 3.37. The van der Waals surface area contributed by atoms with Crippen LogP contribution in [0.3, 0.4) is 0 Å². The molecule has 0 unspecified atom stereocenters. The number of ether oxygens (including phenoxy) is 1. The minimum absolute atomic E-state index is 0.164. The second-order valence-corrected chi connectivity index (χ2v) is 4.36. The number of nitrogens with zero attached hydrogens (tertiary/aromatic N) is 1. The van der Waals surface area contributed by atoms with E-state index >= 15 is 0 Å². The number of carbonyl (C=O) groups is 2. The number of carbonyl (C=O) groups excluding carboxylic acids is 2. The van der Waals surface area contributed by atoms with Gasteiger partial charge in [-0.3, -0.25) is 9.69 Å². The van der Waals surface area contributed by atoms with Crippen LogP contribution >= 0.6 is 0 Å². The van der Waals surface area contributed by atoms with Crippen molar-refractivity contribution in [2.75, 3.05) is 13.2 Å². The Morgan fingerprint density at radius 2 is 2.12 bits per heavy atom. The van der Waals surface area contributed by atoms with E-state index in [9.17, 15) is 9.59 Å². The molecule has 0 saturated carbocycles. The average Bonchev–Trinajstić information content (AvgIpc) is 2.82. The quantitative estimate of drug-likeness (QED) is 0.675. The summed E-state index contributed by atoms with van der Waals surface area (Å²) in [5.74, 6) is 0.164. The second-order valence-electron chi connectivity index (χ2n) is 4.36. The number of allylic oxidation sites excluding steroid dienone is 4. The van der Waals surface area contributed by atoms with Crippen LogP contribution in [0.1, 0.15) is 25.7 Å². The van der Waals surface area contributed by atoms with Gasteiger partial charge in [0.15, 0.2) is 5.78 Å². The molecule has 3 rings (SSSR count). The zero-order valence-electron chi connectivity index (χ0n) is 8.99. The fraction of sp³-hybridized carbons (Fsp3) is 0.500. The first-order valence-electron chi connectivity index (χ1n) is 5.66. The first kappa shape index (κ1) is 9.63. The van der Waals surface area contributed by atoms with E-state index in [0.717, 1.165) is 36.1 Å². The van der Waals surface area contributed by atoms with Gasteiger partial charge in [0.25, 0.3) is 0 Å². The van der Waals surface area contributed by atoms with Gasteiger partial charge >= 0.3 is 6.09 Å². The van der Waals surface area contributed by atoms with Gasteiger partial charge in [0.2, 0.25) is 0 Å². The van der Waals surface area contributed by atoms with Crippen LogP contribution in [-0.2, 0) is 9.53 Å². The maximum absolute atomic E-state index is 11.5. The topological polar surface area (TPSA) is 46.6 Å². The Bertz CT molecular complexity index is 434. The lowest BCUT2D eigenvalue weighted by atomic mass is 9.92. The van der Waals surface area contributed by atoms with Crippen molar-refractivity contribution in [1.29, 1.82) is 0 Å². The third-order valence-electron chi connectivity index (χ3n) is 3.37. The van der Waals surface area contributed by atoms with Crippen molar-refractivity contribution >= 4 is 11.9 Å². The molecular formula is C12H13NO3. The monoisotopic (exact) mass is 219 g/mol. The molecule has 1 saturated heterocycles. The zero-order chi connectivity index (χ0) is 11.1. The van der Waals surface area contributed by atoms with Crippen molar-refractivity contribution in [3.8, 4) is 0 Å². The fourth-order valence-electron chi connectivity index (χ4n) is 2.66. The van der Waals surface area contributed by atoms with Gasteiger partial charge in [0, 0.05) is 12.1 Å². The molecule has 3 aliphatic rings. The minimum atomic E-state index is -0.261. The van der Waals surface area contributed by atoms with Crippen LogP contribution in [0, 0.1) is 0 Å². The molecule has 0 aromatic rings. The summed E-state index contributed by atoms with van der Waals surface area (Å²) in [6.07, 6.45) is 4.80. The molecule has 0 atom stereocenters. The van der Waals surface area contributed by atoms with E-state index in [0.29, 0.717) is 19.6 Å². The van der Waals surface area contributed by atoms with Crippen LogP contribution in [0.2, 0.25) is 0 Å². The zero-order valence-corrected chi connectivity index (χ0v) is 8.99. The van der Waals surface area contributed by atoms with Crippen molar-refractivity contribution in [2.45, 2.75) is 25.7 Å². The number of hydrogen-bond acceptors (Lipinski definition) is 3. The number of amides is 1. The Morgan fingerprint density at radius 3 is 2.88 bits per heavy atom. The molecule has 0 radical (unpaired) electrons. The summed E-state index contributed by atoms with van der Waals surface area (Å²) < 4.78 is 4.94. The molecule has 4 nitrogen and oxygen atoms in total. The van der Waals surface area contributed by atoms with E-state index in [1.54, 1.807) is 11.0 Å². The lowest BCUT2D eigenvalue weighted by molar-refractivity contribution is -0.113. The van der Waals surface area contributed by atoms with Gasteiger partial charge in [0.1, 0.15) is 6.61 Å². The molecule has 0 N–H and O–H groups in total. The molecule has 1 fully saturated rings. The normalized spacial score (nSPS) is 24.8. The Kier molecular flexibility index (Phi) is 2.09. The van der Waals surface area contributed by atoms with E-state index in [1.165, 1.54) is 0 Å². The van der Waals surface area contributed by atoms with Crippen LogP contribution in [0.4, 0.5) is 4.79 Å². The van der Waals surface area contributed by atoms with Crippen LogP contribution in [0.15, 0.2) is 22.9 Å². The van der Waals surface area contributed by atoms with Crippen LogP contribution in [0.25, 0.3) is 0 Å². The Balaban J connectivity index is 1.99. The number of cyclic esters (lactones) is 1. The first-order chi connectivity index (χ1) is 7.75. The predicted octanol–water partition coefficient (Wildman–Crippen LogP) is 1.78. The lowest BCUT2D eigenvalue weighted by Crippen LogP contribution is -2.26. The molecule has 1 heterocycles. The molecule has 1 aliphatic heterocycles. The minimum Gasteiger partial charge on any atom is -0.447 e. The summed E-state index contributed by atoms with van der Waals surface area (Å²) >= 11 is 0. The maximum atomic E-state index is 11.5. The molecule has 0 spiro atoms. The van der Waals surface area contributed by atoms with Gasteiger partial charge < -0.3 is 4.74 Å². The number of ketones is 1. The summed E-state index contributed by atoms with van der Waals surface area (Å²) in [5, 5.41) is 0. The summed E-state index contributed by atoms with van der Waals surface area (Å²) in [4.78, 5) is 24.6. The van der Waals surface area contributed by atoms with Gasteiger partial charge in [-0.15, -0.1) is 0 Å². The molecule has 0 aromatic heterocycles. The highest BCUT2D eigenvalue weighted by molar-refractivity contribution is 5.98. The van der Waals surface area contributed by atoms with Gasteiger partial charge in [-0.2, -0.15) is 0 Å². The van der Waals surface area contributed by atoms with Gasteiger partial charge in [-0.1, -0.05) is 0 Å². The summed E-state index contributed by atoms with van der Waals surface area (Å²) in [5.41, 5.74) is 3.23. The Morgan fingerprint density at radius 1 is 1.25 bits per heavy atom. The smallest absolute Gasteiger partial charge is 0.414 e. The third kappa shape index (κ3) is 1.37. The molecule has 1 amide bonds. The molecule has 0 bridgehead atoms. The predicted molar refractivity (Wildman–Crippen MR) is 56.6 cm³/mol. The van der Waals surface area contributed by atoms with Crippen molar-refractivity contribution in [3.63, 3.8) is 0 Å². The van der Waals surface area contributed by atoms with Crippen LogP contribution in [-0.4, -0.2) is 29.9 Å². The van der Waals surface area contributed by atoms with Crippen molar-refractivity contribution < 1.29 is 14.3 Å². The van der Waals surface area contributed by atoms with E-state index in [-0.39, 0.29) is 11.9 Å². The molecular weight excluding hydrogens is 206 g/mol. The molecule has 84 valence electrons. The van der Waals surface area contributed by atoms with Gasteiger partial charge in [0.05, 0.1) is 6.54 Å². The summed E-state index contributed by atoms with van der Waals surface area (Å²) in [6, 6.07) is 0. The van der Waals surface area contributed by atoms with E-state index in [4.69, 9.17) is 4.74 Å². The lowest BCUT2D eigenvalue weighted by Gasteiger charge is -2.25. The number of fused-ring (bicyclic) bond motifs is 1. The SMILES string of the molecule is O=C1C=C2CCCC(N3CCOC3=O)=C2C1. The molecule has 4 heteroatoms. The van der Waals surface area contributed by atoms with E-state index in [2.05, 4.69) is 0 Å². The molecule has 16 heavy (non-hydrogen) atoms. The summed E-state index contributed by atoms with van der Waals surface area (Å²) in [7, 11) is 0. The first-order valence-corrected chi connectivity index (χ1v) is 5.66. The number of hydrogen-bond donors (Lipinski definition) is 0. The van der Waals surface area contributed by atoms with Crippen molar-refractivity contribution in [1.82, 2.24) is 4.90 Å². The second kappa shape index (κ2) is 3.47. The average molecular weight is 219 g/mol. The van der Waals surface area contributed by atoms with E-state index < -0.39 is 0 Å². The largest absolute Gasteiger partial charge is 0.447 e. The Hall–Kier alpha value is -1.58.